The van der Waals surface area contributed by atoms with E-state index < -0.39 is 6.10 Å². The summed E-state index contributed by atoms with van der Waals surface area (Å²) in [6.07, 6.45) is 4.86. The lowest BCUT2D eigenvalue weighted by molar-refractivity contribution is 0.227. The Labute approximate surface area is 191 Å². The second-order valence-corrected chi connectivity index (χ2v) is 8.67. The number of ether oxygens (including phenoxy) is 1. The molecule has 0 amide bonds. The van der Waals surface area contributed by atoms with Crippen LogP contribution in [0.2, 0.25) is 0 Å². The standard InChI is InChI=1S/C26H24FN5O/c1-3-21-23-15-11-22(26(28)30-13-15)33-14(2)20-12-16(27)6-7-18(20)24-17(5-4-9-29-24)19-8-10-32(31-21)25(19)23/h4-7,9,11-14,19H,3,8,10H2,1-2H3,(H2,28,30)/t14-,19?/m1/s1. The highest BCUT2D eigenvalue weighted by Gasteiger charge is 2.34. The summed E-state index contributed by atoms with van der Waals surface area (Å²) in [5.74, 6) is 0.583. The molecule has 3 aromatic heterocycles. The van der Waals surface area contributed by atoms with Gasteiger partial charge in [-0.15, -0.1) is 0 Å². The van der Waals surface area contributed by atoms with Crippen molar-refractivity contribution in [3.05, 3.63) is 77.1 Å². The van der Waals surface area contributed by atoms with Crippen LogP contribution in [0.15, 0.2) is 48.8 Å². The molecule has 0 fully saturated rings. The van der Waals surface area contributed by atoms with Gasteiger partial charge < -0.3 is 10.5 Å². The maximum Gasteiger partial charge on any atom is 0.166 e. The first-order chi connectivity index (χ1) is 16.0. The van der Waals surface area contributed by atoms with Gasteiger partial charge in [-0.25, -0.2) is 9.37 Å². The Hall–Kier alpha value is -3.74. The lowest BCUT2D eigenvalue weighted by atomic mass is 9.86. The molecule has 4 aromatic rings. The fourth-order valence-electron chi connectivity index (χ4n) is 5.25. The normalized spacial score (nSPS) is 18.4. The maximum atomic E-state index is 14.4. The number of pyridine rings is 2. The predicted molar refractivity (Wildman–Crippen MR) is 124 cm³/mol. The van der Waals surface area contributed by atoms with Crippen molar-refractivity contribution in [2.45, 2.75) is 45.3 Å². The van der Waals surface area contributed by atoms with Crippen molar-refractivity contribution in [3.63, 3.8) is 0 Å². The molecular formula is C26H24FN5O. The molecule has 1 aromatic carbocycles. The van der Waals surface area contributed by atoms with Gasteiger partial charge in [-0.1, -0.05) is 13.0 Å². The summed E-state index contributed by atoms with van der Waals surface area (Å²) in [6, 6.07) is 10.8. The van der Waals surface area contributed by atoms with Gasteiger partial charge >= 0.3 is 0 Å². The van der Waals surface area contributed by atoms with Crippen LogP contribution < -0.4 is 10.5 Å². The molecular weight excluding hydrogens is 417 g/mol. The first-order valence-corrected chi connectivity index (χ1v) is 11.3. The predicted octanol–water partition coefficient (Wildman–Crippen LogP) is 5.28. The summed E-state index contributed by atoms with van der Waals surface area (Å²) in [5, 5.41) is 4.93. The number of hydrogen-bond donors (Lipinski definition) is 1. The van der Waals surface area contributed by atoms with E-state index in [2.05, 4.69) is 22.7 Å². The van der Waals surface area contributed by atoms with Crippen LogP contribution in [0.25, 0.3) is 22.4 Å². The number of rotatable bonds is 1. The molecule has 0 aliphatic carbocycles. The summed E-state index contributed by atoms with van der Waals surface area (Å²) in [7, 11) is 0. The fraction of sp³-hybridized carbons (Fsp3) is 0.269. The molecule has 7 heteroatoms. The number of hydrogen-bond acceptors (Lipinski definition) is 5. The monoisotopic (exact) mass is 441 g/mol. The largest absolute Gasteiger partial charge is 0.482 e. The molecule has 6 rings (SSSR count). The van der Waals surface area contributed by atoms with E-state index in [9.17, 15) is 4.39 Å². The minimum Gasteiger partial charge on any atom is -0.482 e. The minimum absolute atomic E-state index is 0.117. The van der Waals surface area contributed by atoms with E-state index in [1.54, 1.807) is 18.5 Å². The number of nitrogens with two attached hydrogens (primary N) is 1. The molecule has 2 atom stereocenters. The summed E-state index contributed by atoms with van der Waals surface area (Å²) in [5.41, 5.74) is 14.0. The molecule has 166 valence electrons. The van der Waals surface area contributed by atoms with Crippen LogP contribution in [0, 0.1) is 5.82 Å². The summed E-state index contributed by atoms with van der Waals surface area (Å²) in [4.78, 5) is 9.22. The van der Waals surface area contributed by atoms with Gasteiger partial charge in [0.25, 0.3) is 0 Å². The smallest absolute Gasteiger partial charge is 0.166 e. The van der Waals surface area contributed by atoms with Gasteiger partial charge in [0.2, 0.25) is 0 Å². The van der Waals surface area contributed by atoms with Crippen molar-refractivity contribution in [1.29, 1.82) is 0 Å². The van der Waals surface area contributed by atoms with Gasteiger partial charge in [0.05, 0.1) is 17.1 Å². The number of nitrogens with zero attached hydrogens (tertiary/aromatic N) is 4. The Bertz CT molecular complexity index is 1400. The van der Waals surface area contributed by atoms with E-state index in [0.29, 0.717) is 11.6 Å². The third kappa shape index (κ3) is 3.03. The molecule has 0 spiro atoms. The van der Waals surface area contributed by atoms with E-state index in [1.807, 2.05) is 19.1 Å². The highest BCUT2D eigenvalue weighted by molar-refractivity contribution is 5.75. The second-order valence-electron chi connectivity index (χ2n) is 8.67. The maximum absolute atomic E-state index is 14.4. The van der Waals surface area contributed by atoms with Crippen molar-refractivity contribution in [3.8, 4) is 28.1 Å². The third-order valence-electron chi connectivity index (χ3n) is 6.75. The molecule has 0 saturated carbocycles. The van der Waals surface area contributed by atoms with E-state index in [4.69, 9.17) is 20.6 Å². The van der Waals surface area contributed by atoms with Gasteiger partial charge in [-0.3, -0.25) is 9.67 Å². The Balaban J connectivity index is 1.71. The highest BCUT2D eigenvalue weighted by atomic mass is 19.1. The highest BCUT2D eigenvalue weighted by Crippen LogP contribution is 2.46. The average Bonchev–Trinajstić information content (AvgIpc) is 3.39. The zero-order valence-electron chi connectivity index (χ0n) is 18.5. The Morgan fingerprint density at radius 2 is 2.06 bits per heavy atom. The molecule has 6 nitrogen and oxygen atoms in total. The fourth-order valence-corrected chi connectivity index (χ4v) is 5.25. The van der Waals surface area contributed by atoms with Crippen molar-refractivity contribution in [1.82, 2.24) is 19.7 Å². The van der Waals surface area contributed by atoms with E-state index in [-0.39, 0.29) is 11.7 Å². The van der Waals surface area contributed by atoms with Crippen LogP contribution in [-0.2, 0) is 13.0 Å². The number of anilines is 1. The zero-order chi connectivity index (χ0) is 22.7. The van der Waals surface area contributed by atoms with Crippen LogP contribution in [0.5, 0.6) is 5.75 Å². The average molecular weight is 442 g/mol. The Morgan fingerprint density at radius 1 is 1.18 bits per heavy atom. The van der Waals surface area contributed by atoms with Crippen LogP contribution >= 0.6 is 0 Å². The van der Waals surface area contributed by atoms with Gasteiger partial charge in [-0.05, 0) is 55.7 Å². The first-order valence-electron chi connectivity index (χ1n) is 11.3. The molecule has 0 radical (unpaired) electrons. The molecule has 2 aliphatic rings. The number of halogens is 1. The van der Waals surface area contributed by atoms with Gasteiger partial charge in [0.15, 0.2) is 11.6 Å². The molecule has 5 heterocycles. The summed E-state index contributed by atoms with van der Waals surface area (Å²) >= 11 is 0. The third-order valence-corrected chi connectivity index (χ3v) is 6.75. The lowest BCUT2D eigenvalue weighted by Crippen LogP contribution is -2.11. The van der Waals surface area contributed by atoms with Gasteiger partial charge in [-0.2, -0.15) is 5.10 Å². The van der Waals surface area contributed by atoms with Gasteiger partial charge in [0, 0.05) is 47.1 Å². The lowest BCUT2D eigenvalue weighted by Gasteiger charge is -2.23. The van der Waals surface area contributed by atoms with Crippen molar-refractivity contribution in [2.75, 3.05) is 5.73 Å². The van der Waals surface area contributed by atoms with Crippen LogP contribution in [0.4, 0.5) is 10.2 Å². The second kappa shape index (κ2) is 7.40. The molecule has 2 N–H and O–H groups in total. The molecule has 1 unspecified atom stereocenters. The van der Waals surface area contributed by atoms with Crippen molar-refractivity contribution in [2.24, 2.45) is 0 Å². The molecule has 2 aliphatic heterocycles. The van der Waals surface area contributed by atoms with Crippen LogP contribution in [0.1, 0.15) is 54.8 Å². The molecule has 2 bridgehead atoms. The summed E-state index contributed by atoms with van der Waals surface area (Å²) in [6.45, 7) is 4.85. The Kier molecular flexibility index (Phi) is 4.47. The SMILES string of the molecule is CCc1nn2c3c1-c1cnc(N)c(c1)O[C@H](C)c1cc(F)ccc1-c1ncccc1C3CC2. The van der Waals surface area contributed by atoms with E-state index in [0.717, 1.165) is 64.3 Å². The molecule has 0 saturated heterocycles. The first kappa shape index (κ1) is 19.9. The molecule has 33 heavy (non-hydrogen) atoms. The number of aromatic nitrogens is 4. The van der Waals surface area contributed by atoms with Crippen molar-refractivity contribution < 1.29 is 9.13 Å². The number of aryl methyl sites for hydroxylation is 2. The topological polar surface area (TPSA) is 78.9 Å². The van der Waals surface area contributed by atoms with E-state index >= 15 is 0 Å². The van der Waals surface area contributed by atoms with Crippen LogP contribution in [0.3, 0.4) is 0 Å². The van der Waals surface area contributed by atoms with Gasteiger partial charge in [0.1, 0.15) is 11.9 Å². The summed E-state index contributed by atoms with van der Waals surface area (Å²) < 4.78 is 22.8. The van der Waals surface area contributed by atoms with Crippen LogP contribution in [-0.4, -0.2) is 19.7 Å². The number of nitrogen functional groups attached to an aromatic ring is 1. The number of fused-ring (bicyclic) bond motifs is 7. The Morgan fingerprint density at radius 3 is 2.91 bits per heavy atom. The minimum atomic E-state index is -0.458. The zero-order valence-corrected chi connectivity index (χ0v) is 18.5. The number of benzene rings is 1. The quantitative estimate of drug-likeness (QED) is 0.435. The van der Waals surface area contributed by atoms with E-state index in [1.165, 1.54) is 12.1 Å². The van der Waals surface area contributed by atoms with Crippen molar-refractivity contribution >= 4 is 5.82 Å².